The van der Waals surface area contributed by atoms with E-state index in [1.54, 1.807) is 24.5 Å². The van der Waals surface area contributed by atoms with Crippen LogP contribution >= 0.6 is 22.9 Å². The molecule has 0 radical (unpaired) electrons. The number of aromatic hydroxyl groups is 1. The van der Waals surface area contributed by atoms with Crippen LogP contribution in [0.15, 0.2) is 71.3 Å². The lowest BCUT2D eigenvalue weighted by Crippen LogP contribution is -2.48. The maximum Gasteiger partial charge on any atom is 0.230 e. The lowest BCUT2D eigenvalue weighted by molar-refractivity contribution is 0.210. The number of hydrogen-bond donors (Lipinski definition) is 1. The molecule has 1 aliphatic heterocycles. The predicted octanol–water partition coefficient (Wildman–Crippen LogP) is 5.46. The quantitative estimate of drug-likeness (QED) is 0.339. The Bertz CT molecular complexity index is 1480. The third-order valence-corrected chi connectivity index (χ3v) is 7.53. The number of nitrogens with zero attached hydrogens (tertiary/aromatic N) is 5. The van der Waals surface area contributed by atoms with Gasteiger partial charge in [-0.25, -0.2) is 4.39 Å². The third-order valence-electron chi connectivity index (χ3n) is 6.23. The minimum atomic E-state index is -0.253. The molecule has 1 saturated heterocycles. The van der Waals surface area contributed by atoms with Gasteiger partial charge in [0.2, 0.25) is 16.7 Å². The van der Waals surface area contributed by atoms with E-state index in [0.717, 1.165) is 10.4 Å². The summed E-state index contributed by atoms with van der Waals surface area (Å²) in [6.45, 7) is 2.66. The van der Waals surface area contributed by atoms with E-state index in [2.05, 4.69) is 19.9 Å². The molecule has 10 heteroatoms. The van der Waals surface area contributed by atoms with Crippen molar-refractivity contribution < 1.29 is 13.9 Å². The Morgan fingerprint density at radius 1 is 1.03 bits per heavy atom. The molecule has 0 spiro atoms. The van der Waals surface area contributed by atoms with Gasteiger partial charge in [0.15, 0.2) is 5.76 Å². The van der Waals surface area contributed by atoms with Gasteiger partial charge in [-0.2, -0.15) is 9.50 Å². The Hall–Kier alpha value is -3.40. The number of furan rings is 1. The van der Waals surface area contributed by atoms with Crippen LogP contribution in [0.25, 0.3) is 16.5 Å². The van der Waals surface area contributed by atoms with Crippen molar-refractivity contribution in [2.45, 2.75) is 6.04 Å². The standard InChI is InChI=1S/C25H21ClFN5O2S/c26-17-6-3-5-16(15-17)21(31-12-10-30(11-13-31)19-8-2-1-7-18(19)27)22-24(33)32-25(35-22)28-23(29-32)20-9-4-14-34-20/h1-9,14-15,21,33H,10-13H2/t21-/m0/s1. The number of aromatic nitrogens is 3. The molecule has 1 atom stereocenters. The van der Waals surface area contributed by atoms with Crippen molar-refractivity contribution in [3.8, 4) is 17.5 Å². The normalized spacial score (nSPS) is 15.7. The highest BCUT2D eigenvalue weighted by Gasteiger charge is 2.32. The summed E-state index contributed by atoms with van der Waals surface area (Å²) in [6, 6.07) is 17.8. The van der Waals surface area contributed by atoms with E-state index in [1.807, 2.05) is 36.4 Å². The second kappa shape index (κ2) is 8.99. The minimum Gasteiger partial charge on any atom is -0.492 e. The Morgan fingerprint density at radius 2 is 1.86 bits per heavy atom. The van der Waals surface area contributed by atoms with Gasteiger partial charge in [0.25, 0.3) is 0 Å². The molecule has 1 fully saturated rings. The molecule has 4 heterocycles. The number of hydrogen-bond acceptors (Lipinski definition) is 7. The van der Waals surface area contributed by atoms with Gasteiger partial charge in [-0.3, -0.25) is 4.90 Å². The fourth-order valence-electron chi connectivity index (χ4n) is 4.57. The fraction of sp³-hybridized carbons (Fsp3) is 0.200. The first kappa shape index (κ1) is 22.1. The molecule has 178 valence electrons. The number of halogens is 2. The van der Waals surface area contributed by atoms with E-state index in [-0.39, 0.29) is 17.7 Å². The largest absolute Gasteiger partial charge is 0.492 e. The summed E-state index contributed by atoms with van der Waals surface area (Å²) < 4.78 is 21.2. The van der Waals surface area contributed by atoms with Gasteiger partial charge in [-0.15, -0.1) is 5.10 Å². The van der Waals surface area contributed by atoms with Gasteiger partial charge in [0, 0.05) is 31.2 Å². The molecule has 3 aromatic heterocycles. The molecule has 0 saturated carbocycles. The van der Waals surface area contributed by atoms with E-state index >= 15 is 0 Å². The number of para-hydroxylation sites is 1. The summed E-state index contributed by atoms with van der Waals surface area (Å²) in [5.41, 5.74) is 1.57. The van der Waals surface area contributed by atoms with E-state index < -0.39 is 0 Å². The van der Waals surface area contributed by atoms with E-state index in [1.165, 1.54) is 21.9 Å². The van der Waals surface area contributed by atoms with Crippen LogP contribution in [0.2, 0.25) is 5.02 Å². The lowest BCUT2D eigenvalue weighted by Gasteiger charge is -2.40. The summed E-state index contributed by atoms with van der Waals surface area (Å²) in [4.78, 5) is 10.2. The topological polar surface area (TPSA) is 70.0 Å². The smallest absolute Gasteiger partial charge is 0.230 e. The summed E-state index contributed by atoms with van der Waals surface area (Å²) in [5.74, 6) is 0.776. The third kappa shape index (κ3) is 4.05. The van der Waals surface area contributed by atoms with Gasteiger partial charge in [-0.05, 0) is 42.0 Å². The lowest BCUT2D eigenvalue weighted by atomic mass is 10.0. The molecule has 6 rings (SSSR count). The van der Waals surface area contributed by atoms with Gasteiger partial charge in [0.05, 0.1) is 22.9 Å². The van der Waals surface area contributed by atoms with E-state index in [9.17, 15) is 9.50 Å². The van der Waals surface area contributed by atoms with Crippen LogP contribution in [0.3, 0.4) is 0 Å². The van der Waals surface area contributed by atoms with Gasteiger partial charge in [-0.1, -0.05) is 47.2 Å². The molecule has 0 unspecified atom stereocenters. The molecule has 0 bridgehead atoms. The zero-order valence-electron chi connectivity index (χ0n) is 18.5. The Balaban J connectivity index is 1.35. The van der Waals surface area contributed by atoms with Crippen molar-refractivity contribution in [2.75, 3.05) is 31.1 Å². The van der Waals surface area contributed by atoms with Crippen LogP contribution < -0.4 is 4.90 Å². The molecule has 35 heavy (non-hydrogen) atoms. The van der Waals surface area contributed by atoms with Crippen LogP contribution in [-0.2, 0) is 0 Å². The van der Waals surface area contributed by atoms with Crippen molar-refractivity contribution in [1.82, 2.24) is 19.5 Å². The van der Waals surface area contributed by atoms with E-state index in [4.69, 9.17) is 16.0 Å². The highest BCUT2D eigenvalue weighted by Crippen LogP contribution is 2.41. The molecule has 0 amide bonds. The minimum absolute atomic E-state index is 0.0387. The average Bonchev–Trinajstić information content (AvgIpc) is 3.59. The molecule has 5 aromatic rings. The van der Waals surface area contributed by atoms with Crippen molar-refractivity contribution in [3.63, 3.8) is 0 Å². The number of benzene rings is 2. The number of fused-ring (bicyclic) bond motifs is 1. The van der Waals surface area contributed by atoms with Crippen LogP contribution in [0.1, 0.15) is 16.5 Å². The monoisotopic (exact) mass is 509 g/mol. The van der Waals surface area contributed by atoms with Crippen molar-refractivity contribution in [2.24, 2.45) is 0 Å². The summed E-state index contributed by atoms with van der Waals surface area (Å²) >= 11 is 7.73. The molecule has 1 N–H and O–H groups in total. The maximum atomic E-state index is 14.3. The second-order valence-electron chi connectivity index (χ2n) is 8.33. The first-order valence-corrected chi connectivity index (χ1v) is 12.4. The molecule has 0 aliphatic carbocycles. The molecule has 2 aromatic carbocycles. The first-order valence-electron chi connectivity index (χ1n) is 11.2. The second-order valence-corrected chi connectivity index (χ2v) is 9.77. The van der Waals surface area contributed by atoms with Crippen LogP contribution in [0, 0.1) is 5.82 Å². The molecule has 1 aliphatic rings. The first-order chi connectivity index (χ1) is 17.1. The van der Waals surface area contributed by atoms with Crippen LogP contribution in [0.5, 0.6) is 5.88 Å². The summed E-state index contributed by atoms with van der Waals surface area (Å²) in [5, 5.41) is 16.3. The van der Waals surface area contributed by atoms with Crippen LogP contribution in [0.4, 0.5) is 10.1 Å². The number of piperazine rings is 1. The maximum absolute atomic E-state index is 14.3. The zero-order chi connectivity index (χ0) is 23.9. The van der Waals surface area contributed by atoms with Crippen molar-refractivity contribution in [3.05, 3.63) is 88.2 Å². The van der Waals surface area contributed by atoms with Crippen molar-refractivity contribution >= 4 is 33.6 Å². The summed E-state index contributed by atoms with van der Waals surface area (Å²) in [7, 11) is 0. The number of thiazole rings is 1. The molecule has 7 nitrogen and oxygen atoms in total. The highest BCUT2D eigenvalue weighted by atomic mass is 35.5. The number of anilines is 1. The van der Waals surface area contributed by atoms with Crippen LogP contribution in [-0.4, -0.2) is 50.8 Å². The SMILES string of the molecule is Oc1c([C@H](c2cccc(Cl)c2)N2CCN(c3ccccc3F)CC2)sc2nc(-c3ccco3)nn12. The highest BCUT2D eigenvalue weighted by molar-refractivity contribution is 7.17. The molecular formula is C25H21ClFN5O2S. The zero-order valence-corrected chi connectivity index (χ0v) is 20.1. The summed E-state index contributed by atoms with van der Waals surface area (Å²) in [6.07, 6.45) is 1.56. The Kier molecular flexibility index (Phi) is 5.68. The average molecular weight is 510 g/mol. The molecular weight excluding hydrogens is 489 g/mol. The fourth-order valence-corrected chi connectivity index (χ4v) is 5.89. The van der Waals surface area contributed by atoms with Gasteiger partial charge < -0.3 is 14.4 Å². The Labute approximate surface area is 209 Å². The predicted molar refractivity (Wildman–Crippen MR) is 134 cm³/mol. The van der Waals surface area contributed by atoms with Gasteiger partial charge >= 0.3 is 0 Å². The van der Waals surface area contributed by atoms with Gasteiger partial charge in [0.1, 0.15) is 5.82 Å². The van der Waals surface area contributed by atoms with E-state index in [0.29, 0.717) is 53.4 Å². The number of rotatable bonds is 5. The van der Waals surface area contributed by atoms with Crippen molar-refractivity contribution in [1.29, 1.82) is 0 Å². The Morgan fingerprint density at radius 3 is 2.57 bits per heavy atom.